The fourth-order valence-corrected chi connectivity index (χ4v) is 1.74. The van der Waals surface area contributed by atoms with Crippen molar-refractivity contribution in [2.75, 3.05) is 5.73 Å². The third kappa shape index (κ3) is 2.53. The molecule has 0 aliphatic carbocycles. The largest absolute Gasteiger partial charge is 0.457 e. The van der Waals surface area contributed by atoms with Gasteiger partial charge in [0.05, 0.1) is 10.7 Å². The number of halogens is 1. The second-order valence-electron chi connectivity index (χ2n) is 4.01. The maximum absolute atomic E-state index is 5.99. The van der Waals surface area contributed by atoms with Crippen molar-refractivity contribution in [1.29, 1.82) is 0 Å². The molecule has 88 valence electrons. The van der Waals surface area contributed by atoms with E-state index in [0.29, 0.717) is 10.7 Å². The van der Waals surface area contributed by atoms with Gasteiger partial charge in [-0.1, -0.05) is 29.8 Å². The number of benzene rings is 2. The summed E-state index contributed by atoms with van der Waals surface area (Å²) in [4.78, 5) is 0. The first-order valence-electron chi connectivity index (χ1n) is 5.37. The van der Waals surface area contributed by atoms with E-state index in [1.165, 1.54) is 0 Å². The molecule has 2 aromatic carbocycles. The number of para-hydroxylation sites is 1. The molecule has 0 radical (unpaired) electrons. The van der Waals surface area contributed by atoms with Crippen LogP contribution in [0, 0.1) is 13.8 Å². The zero-order valence-corrected chi connectivity index (χ0v) is 10.6. The fraction of sp³-hybridized carbons (Fsp3) is 0.143. The molecule has 2 N–H and O–H groups in total. The van der Waals surface area contributed by atoms with E-state index in [0.717, 1.165) is 22.6 Å². The Bertz CT molecular complexity index is 552. The topological polar surface area (TPSA) is 35.2 Å². The number of ether oxygens (including phenoxy) is 1. The molecule has 0 saturated carbocycles. The maximum Gasteiger partial charge on any atom is 0.131 e. The van der Waals surface area contributed by atoms with Gasteiger partial charge in [-0.2, -0.15) is 0 Å². The van der Waals surface area contributed by atoms with E-state index in [1.54, 1.807) is 6.07 Å². The van der Waals surface area contributed by atoms with Gasteiger partial charge in [0, 0.05) is 6.07 Å². The molecule has 0 fully saturated rings. The fourth-order valence-electron chi connectivity index (χ4n) is 1.58. The van der Waals surface area contributed by atoms with Gasteiger partial charge in [-0.3, -0.25) is 0 Å². The molecule has 0 heterocycles. The zero-order chi connectivity index (χ0) is 12.4. The van der Waals surface area contributed by atoms with Crippen LogP contribution in [0.15, 0.2) is 36.4 Å². The summed E-state index contributed by atoms with van der Waals surface area (Å²) in [6, 6.07) is 11.4. The highest BCUT2D eigenvalue weighted by atomic mass is 35.5. The molecular formula is C14H14ClNO. The summed E-state index contributed by atoms with van der Waals surface area (Å²) in [5, 5.41) is 0.513. The average Bonchev–Trinajstić information content (AvgIpc) is 2.29. The lowest BCUT2D eigenvalue weighted by atomic mass is 10.2. The Hall–Kier alpha value is -1.67. The van der Waals surface area contributed by atoms with E-state index in [1.807, 2.05) is 44.2 Å². The van der Waals surface area contributed by atoms with E-state index in [4.69, 9.17) is 22.1 Å². The standard InChI is InChI=1S/C14H14ClNO/c1-9-5-3-4-6-13(9)17-14-8-11(15)12(16)7-10(14)2/h3-8H,16H2,1-2H3. The maximum atomic E-state index is 5.99. The molecule has 0 bridgehead atoms. The van der Waals surface area contributed by atoms with E-state index in [-0.39, 0.29) is 0 Å². The summed E-state index contributed by atoms with van der Waals surface area (Å²) in [6.45, 7) is 3.95. The molecule has 0 saturated heterocycles. The number of hydrogen-bond acceptors (Lipinski definition) is 2. The molecule has 0 aromatic heterocycles. The van der Waals surface area contributed by atoms with Crippen LogP contribution in [0.1, 0.15) is 11.1 Å². The molecule has 3 heteroatoms. The van der Waals surface area contributed by atoms with Crippen molar-refractivity contribution in [3.63, 3.8) is 0 Å². The van der Waals surface area contributed by atoms with Crippen LogP contribution in [0.3, 0.4) is 0 Å². The summed E-state index contributed by atoms with van der Waals surface area (Å²) in [5.74, 6) is 1.56. The molecule has 0 amide bonds. The number of hydrogen-bond donors (Lipinski definition) is 1. The smallest absolute Gasteiger partial charge is 0.131 e. The Kier molecular flexibility index (Phi) is 3.25. The lowest BCUT2D eigenvalue weighted by Crippen LogP contribution is -1.93. The van der Waals surface area contributed by atoms with Crippen LogP contribution in [0.5, 0.6) is 11.5 Å². The zero-order valence-electron chi connectivity index (χ0n) is 9.83. The van der Waals surface area contributed by atoms with Gasteiger partial charge < -0.3 is 10.5 Å². The molecule has 0 unspecified atom stereocenters. The predicted octanol–water partition coefficient (Wildman–Crippen LogP) is 4.33. The van der Waals surface area contributed by atoms with Crippen molar-refractivity contribution in [1.82, 2.24) is 0 Å². The van der Waals surface area contributed by atoms with E-state index < -0.39 is 0 Å². The Balaban J connectivity index is 2.37. The monoisotopic (exact) mass is 247 g/mol. The highest BCUT2D eigenvalue weighted by molar-refractivity contribution is 6.33. The third-order valence-electron chi connectivity index (χ3n) is 2.61. The minimum absolute atomic E-state index is 0.513. The molecule has 0 aliphatic rings. The third-order valence-corrected chi connectivity index (χ3v) is 2.94. The van der Waals surface area contributed by atoms with Crippen molar-refractivity contribution in [2.45, 2.75) is 13.8 Å². The van der Waals surface area contributed by atoms with Crippen LogP contribution in [-0.4, -0.2) is 0 Å². The van der Waals surface area contributed by atoms with E-state index in [9.17, 15) is 0 Å². The van der Waals surface area contributed by atoms with E-state index >= 15 is 0 Å². The van der Waals surface area contributed by atoms with Gasteiger partial charge in [0.1, 0.15) is 11.5 Å². The van der Waals surface area contributed by atoms with Crippen LogP contribution in [0.4, 0.5) is 5.69 Å². The molecule has 0 aliphatic heterocycles. The lowest BCUT2D eigenvalue weighted by Gasteiger charge is -2.12. The summed E-state index contributed by atoms with van der Waals surface area (Å²) in [6.07, 6.45) is 0. The quantitative estimate of drug-likeness (QED) is 0.802. The SMILES string of the molecule is Cc1ccccc1Oc1cc(Cl)c(N)cc1C. The Morgan fingerprint density at radius 1 is 1.00 bits per heavy atom. The van der Waals surface area contributed by atoms with Gasteiger partial charge in [0.15, 0.2) is 0 Å². The molecule has 2 nitrogen and oxygen atoms in total. The van der Waals surface area contributed by atoms with E-state index in [2.05, 4.69) is 0 Å². The second-order valence-corrected chi connectivity index (χ2v) is 4.41. The summed E-state index contributed by atoms with van der Waals surface area (Å²) >= 11 is 5.99. The first-order valence-corrected chi connectivity index (χ1v) is 5.75. The minimum atomic E-state index is 0.513. The van der Waals surface area contributed by atoms with Crippen LogP contribution in [0.2, 0.25) is 5.02 Å². The summed E-state index contributed by atoms with van der Waals surface area (Å²) in [7, 11) is 0. The molecule has 0 spiro atoms. The lowest BCUT2D eigenvalue weighted by molar-refractivity contribution is 0.475. The predicted molar refractivity (Wildman–Crippen MR) is 71.9 cm³/mol. The number of anilines is 1. The summed E-state index contributed by atoms with van der Waals surface area (Å²) < 4.78 is 5.84. The highest BCUT2D eigenvalue weighted by Crippen LogP contribution is 2.32. The number of nitrogens with two attached hydrogens (primary N) is 1. The Labute approximate surface area is 106 Å². The molecule has 2 rings (SSSR count). The molecule has 0 atom stereocenters. The van der Waals surface area contributed by atoms with Gasteiger partial charge in [0.2, 0.25) is 0 Å². The van der Waals surface area contributed by atoms with Gasteiger partial charge in [-0.05, 0) is 37.1 Å². The van der Waals surface area contributed by atoms with Crippen LogP contribution < -0.4 is 10.5 Å². The Morgan fingerprint density at radius 3 is 2.41 bits per heavy atom. The van der Waals surface area contributed by atoms with Gasteiger partial charge in [-0.25, -0.2) is 0 Å². The first kappa shape index (κ1) is 11.8. The minimum Gasteiger partial charge on any atom is -0.457 e. The van der Waals surface area contributed by atoms with Crippen LogP contribution in [-0.2, 0) is 0 Å². The highest BCUT2D eigenvalue weighted by Gasteiger charge is 2.07. The van der Waals surface area contributed by atoms with Gasteiger partial charge in [-0.15, -0.1) is 0 Å². The first-order chi connectivity index (χ1) is 8.08. The van der Waals surface area contributed by atoms with Crippen molar-refractivity contribution < 1.29 is 4.74 Å². The van der Waals surface area contributed by atoms with Gasteiger partial charge >= 0.3 is 0 Å². The molecule has 17 heavy (non-hydrogen) atoms. The number of nitrogen functional groups attached to an aromatic ring is 1. The normalized spacial score (nSPS) is 10.3. The van der Waals surface area contributed by atoms with Crippen LogP contribution >= 0.6 is 11.6 Å². The summed E-state index contributed by atoms with van der Waals surface area (Å²) in [5.41, 5.74) is 8.35. The van der Waals surface area contributed by atoms with Crippen molar-refractivity contribution in [2.24, 2.45) is 0 Å². The van der Waals surface area contributed by atoms with Crippen molar-refractivity contribution >= 4 is 17.3 Å². The average molecular weight is 248 g/mol. The second kappa shape index (κ2) is 4.68. The molecule has 2 aromatic rings. The number of aryl methyl sites for hydroxylation is 2. The van der Waals surface area contributed by atoms with Crippen LogP contribution in [0.25, 0.3) is 0 Å². The van der Waals surface area contributed by atoms with Crippen molar-refractivity contribution in [3.8, 4) is 11.5 Å². The number of rotatable bonds is 2. The van der Waals surface area contributed by atoms with Gasteiger partial charge in [0.25, 0.3) is 0 Å². The Morgan fingerprint density at radius 2 is 1.71 bits per heavy atom. The molecular weight excluding hydrogens is 234 g/mol. The van der Waals surface area contributed by atoms with Crippen molar-refractivity contribution in [3.05, 3.63) is 52.5 Å².